The van der Waals surface area contributed by atoms with Gasteiger partial charge in [-0.15, -0.1) is 0 Å². The van der Waals surface area contributed by atoms with E-state index in [1.165, 1.54) is 36.4 Å². The van der Waals surface area contributed by atoms with Crippen LogP contribution in [0.15, 0.2) is 35.2 Å². The first-order chi connectivity index (χ1) is 6.54. The van der Waals surface area contributed by atoms with Gasteiger partial charge < -0.3 is 0 Å². The van der Waals surface area contributed by atoms with Gasteiger partial charge in [0, 0.05) is 0 Å². The normalized spacial score (nSPS) is 11.8. The Labute approximate surface area is 81.6 Å². The van der Waals surface area contributed by atoms with Crippen molar-refractivity contribution in [3.8, 4) is 0 Å². The van der Waals surface area contributed by atoms with Crippen molar-refractivity contribution in [3.63, 3.8) is 0 Å². The molecule has 0 aliphatic rings. The molecule has 0 amide bonds. The summed E-state index contributed by atoms with van der Waals surface area (Å²) in [5, 5.41) is 0. The van der Waals surface area contributed by atoms with E-state index in [0.717, 1.165) is 0 Å². The number of hydrogen-bond acceptors (Lipinski definition) is 3. The van der Waals surface area contributed by atoms with Crippen LogP contribution in [0.4, 0.5) is 0 Å². The van der Waals surface area contributed by atoms with E-state index in [2.05, 4.69) is 0 Å². The van der Waals surface area contributed by atoms with Gasteiger partial charge in [-0.25, -0.2) is 0 Å². The van der Waals surface area contributed by atoms with Crippen molar-refractivity contribution in [3.05, 3.63) is 35.9 Å². The highest BCUT2D eigenvalue weighted by Gasteiger charge is 2.07. The molecule has 74 valence electrons. The van der Waals surface area contributed by atoms with Gasteiger partial charge in [0.25, 0.3) is 10.1 Å². The Morgan fingerprint density at radius 2 is 1.71 bits per heavy atom. The highest BCUT2D eigenvalue weighted by atomic mass is 32.2. The second-order valence-electron chi connectivity index (χ2n) is 2.54. The second-order valence-corrected chi connectivity index (χ2v) is 3.96. The zero-order valence-corrected chi connectivity index (χ0v) is 7.94. The average molecular weight is 212 g/mol. The molecule has 0 aromatic heterocycles. The zero-order valence-electron chi connectivity index (χ0n) is 7.12. The van der Waals surface area contributed by atoms with Gasteiger partial charge in [-0.1, -0.05) is 18.2 Å². The van der Waals surface area contributed by atoms with E-state index >= 15 is 0 Å². The van der Waals surface area contributed by atoms with E-state index < -0.39 is 10.1 Å². The molecule has 0 heterocycles. The molecule has 0 saturated carbocycles. The fraction of sp³-hybridized carbons (Fsp3) is 0. The Kier molecular flexibility index (Phi) is 3.16. The van der Waals surface area contributed by atoms with Crippen molar-refractivity contribution in [2.24, 2.45) is 0 Å². The lowest BCUT2D eigenvalue weighted by molar-refractivity contribution is -0.104. The van der Waals surface area contributed by atoms with Crippen molar-refractivity contribution in [1.82, 2.24) is 0 Å². The van der Waals surface area contributed by atoms with Gasteiger partial charge in [-0.05, 0) is 23.8 Å². The van der Waals surface area contributed by atoms with Gasteiger partial charge >= 0.3 is 0 Å². The fourth-order valence-corrected chi connectivity index (χ4v) is 1.38. The molecule has 0 fully saturated rings. The van der Waals surface area contributed by atoms with Crippen LogP contribution < -0.4 is 0 Å². The van der Waals surface area contributed by atoms with Crippen molar-refractivity contribution in [1.29, 1.82) is 0 Å². The molecule has 0 saturated heterocycles. The number of hydrogen-bond donors (Lipinski definition) is 1. The van der Waals surface area contributed by atoms with Crippen LogP contribution in [-0.2, 0) is 14.9 Å². The minimum absolute atomic E-state index is 0.166. The highest BCUT2D eigenvalue weighted by molar-refractivity contribution is 7.85. The number of allylic oxidation sites excluding steroid dienone is 1. The smallest absolute Gasteiger partial charge is 0.294 e. The Balaban J connectivity index is 3.01. The Hall–Kier alpha value is -1.46. The van der Waals surface area contributed by atoms with E-state index in [-0.39, 0.29) is 4.90 Å². The lowest BCUT2D eigenvalue weighted by atomic mass is 10.2. The molecule has 4 nitrogen and oxygen atoms in total. The molecule has 0 bridgehead atoms. The number of aldehydes is 1. The summed E-state index contributed by atoms with van der Waals surface area (Å²) in [7, 11) is -4.13. The Morgan fingerprint density at radius 1 is 1.14 bits per heavy atom. The quantitative estimate of drug-likeness (QED) is 0.463. The van der Waals surface area contributed by atoms with E-state index in [0.29, 0.717) is 11.8 Å². The third-order valence-corrected chi connectivity index (χ3v) is 2.41. The van der Waals surface area contributed by atoms with Crippen LogP contribution in [0.3, 0.4) is 0 Å². The molecule has 0 aliphatic heterocycles. The lowest BCUT2D eigenvalue weighted by Crippen LogP contribution is -1.97. The highest BCUT2D eigenvalue weighted by Crippen LogP contribution is 2.10. The fourth-order valence-electron chi connectivity index (χ4n) is 0.901. The molecule has 1 rings (SSSR count). The zero-order chi connectivity index (χ0) is 10.6. The van der Waals surface area contributed by atoms with Crippen LogP contribution in [0, 0.1) is 0 Å². The molecular weight excluding hydrogens is 204 g/mol. The number of benzene rings is 1. The summed E-state index contributed by atoms with van der Waals surface area (Å²) >= 11 is 0. The third-order valence-electron chi connectivity index (χ3n) is 1.55. The Bertz CT molecular complexity index is 442. The molecule has 1 N–H and O–H groups in total. The molecule has 5 heteroatoms. The van der Waals surface area contributed by atoms with Gasteiger partial charge in [0.05, 0.1) is 4.90 Å². The first-order valence-electron chi connectivity index (χ1n) is 3.73. The summed E-state index contributed by atoms with van der Waals surface area (Å²) in [6.07, 6.45) is 3.44. The van der Waals surface area contributed by atoms with E-state index in [1.807, 2.05) is 0 Å². The van der Waals surface area contributed by atoms with Crippen LogP contribution in [0.25, 0.3) is 6.08 Å². The minimum atomic E-state index is -4.13. The molecule has 0 aliphatic carbocycles. The molecule has 0 radical (unpaired) electrons. The summed E-state index contributed by atoms with van der Waals surface area (Å²) in [4.78, 5) is 9.82. The van der Waals surface area contributed by atoms with Crippen LogP contribution in [0.1, 0.15) is 5.56 Å². The predicted octanol–water partition coefficient (Wildman–Crippen LogP) is 1.15. The maximum absolute atomic E-state index is 10.6. The molecule has 0 spiro atoms. The number of carbonyl (C=O) groups is 1. The second kappa shape index (κ2) is 4.17. The minimum Gasteiger partial charge on any atom is -0.299 e. The van der Waals surface area contributed by atoms with Crippen molar-refractivity contribution < 1.29 is 17.8 Å². The van der Waals surface area contributed by atoms with Gasteiger partial charge in [-0.2, -0.15) is 8.42 Å². The maximum Gasteiger partial charge on any atom is 0.294 e. The standard InChI is InChI=1S/C9H8O4S/c10-7-1-2-8-3-5-9(6-4-8)14(11,12)13/h1-7H,(H,11,12,13). The summed E-state index contributed by atoms with van der Waals surface area (Å²) in [5.74, 6) is 0. The van der Waals surface area contributed by atoms with Crippen LogP contribution in [-0.4, -0.2) is 19.3 Å². The van der Waals surface area contributed by atoms with Crippen molar-refractivity contribution in [2.45, 2.75) is 4.90 Å². The summed E-state index contributed by atoms with van der Waals surface area (Å²) in [5.41, 5.74) is 0.685. The number of rotatable bonds is 3. The SMILES string of the molecule is O=CC=Cc1ccc(S(=O)(=O)O)cc1. The van der Waals surface area contributed by atoms with Gasteiger partial charge in [0.2, 0.25) is 0 Å². The molecule has 14 heavy (non-hydrogen) atoms. The first kappa shape index (κ1) is 10.6. The van der Waals surface area contributed by atoms with Crippen LogP contribution >= 0.6 is 0 Å². The molecule has 0 atom stereocenters. The van der Waals surface area contributed by atoms with Gasteiger partial charge in [-0.3, -0.25) is 9.35 Å². The molecule has 1 aromatic rings. The molecular formula is C9H8O4S. The summed E-state index contributed by atoms with van der Waals surface area (Å²) in [6.45, 7) is 0. The topological polar surface area (TPSA) is 71.4 Å². The monoisotopic (exact) mass is 212 g/mol. The third kappa shape index (κ3) is 2.79. The van der Waals surface area contributed by atoms with Crippen LogP contribution in [0.2, 0.25) is 0 Å². The van der Waals surface area contributed by atoms with Gasteiger partial charge in [0.15, 0.2) is 0 Å². The Morgan fingerprint density at radius 3 is 2.14 bits per heavy atom. The summed E-state index contributed by atoms with van der Waals surface area (Å²) in [6, 6.07) is 5.51. The van der Waals surface area contributed by atoms with Crippen LogP contribution in [0.5, 0.6) is 0 Å². The van der Waals surface area contributed by atoms with E-state index in [1.54, 1.807) is 0 Å². The van der Waals surface area contributed by atoms with Crippen molar-refractivity contribution in [2.75, 3.05) is 0 Å². The average Bonchev–Trinajstić information content (AvgIpc) is 2.14. The summed E-state index contributed by atoms with van der Waals surface area (Å²) < 4.78 is 29.9. The van der Waals surface area contributed by atoms with Crippen molar-refractivity contribution >= 4 is 22.5 Å². The number of carbonyl (C=O) groups excluding carboxylic acids is 1. The van der Waals surface area contributed by atoms with Gasteiger partial charge in [0.1, 0.15) is 6.29 Å². The van der Waals surface area contributed by atoms with E-state index in [4.69, 9.17) is 4.55 Å². The van der Waals surface area contributed by atoms with E-state index in [9.17, 15) is 13.2 Å². The predicted molar refractivity (Wildman–Crippen MR) is 51.4 cm³/mol. The molecule has 0 unspecified atom stereocenters. The molecule has 1 aromatic carbocycles. The largest absolute Gasteiger partial charge is 0.299 e. The lowest BCUT2D eigenvalue weighted by Gasteiger charge is -1.96. The maximum atomic E-state index is 10.6. The first-order valence-corrected chi connectivity index (χ1v) is 5.17.